The van der Waals surface area contributed by atoms with Crippen molar-refractivity contribution in [2.45, 2.75) is 6.04 Å². The third kappa shape index (κ3) is 3.14. The first-order valence-electron chi connectivity index (χ1n) is 5.72. The standard InChI is InChI=1S/C12H15Cl2N3O/c1-17(8-5-15-6-8)7-11(18)16-10-4-2-3-9(13)12(10)14/h2-4,8,15H,5-7H2,1H3,(H,16,18). The molecule has 18 heavy (non-hydrogen) atoms. The minimum absolute atomic E-state index is 0.0893. The van der Waals surface area contributed by atoms with Crippen LogP contribution >= 0.6 is 23.2 Å². The Bertz CT molecular complexity index is 449. The molecular weight excluding hydrogens is 273 g/mol. The maximum atomic E-state index is 11.9. The van der Waals surface area contributed by atoms with Crippen LogP contribution in [0.25, 0.3) is 0 Å². The van der Waals surface area contributed by atoms with Gasteiger partial charge in [-0.25, -0.2) is 0 Å². The van der Waals surface area contributed by atoms with Crippen molar-refractivity contribution in [3.05, 3.63) is 28.2 Å². The lowest BCUT2D eigenvalue weighted by Gasteiger charge is -2.35. The van der Waals surface area contributed by atoms with Crippen LogP contribution in [-0.2, 0) is 4.79 Å². The molecule has 0 aliphatic carbocycles. The van der Waals surface area contributed by atoms with Gasteiger partial charge in [-0.1, -0.05) is 29.3 Å². The molecule has 0 bridgehead atoms. The van der Waals surface area contributed by atoms with E-state index in [0.717, 1.165) is 13.1 Å². The first-order chi connectivity index (χ1) is 8.58. The van der Waals surface area contributed by atoms with Crippen molar-refractivity contribution < 1.29 is 4.79 Å². The van der Waals surface area contributed by atoms with Crippen LogP contribution < -0.4 is 10.6 Å². The van der Waals surface area contributed by atoms with Crippen molar-refractivity contribution in [1.82, 2.24) is 10.2 Å². The van der Waals surface area contributed by atoms with Gasteiger partial charge in [0, 0.05) is 19.1 Å². The van der Waals surface area contributed by atoms with Crippen LogP contribution in [-0.4, -0.2) is 43.5 Å². The Hall–Kier alpha value is -0.810. The molecule has 0 saturated carbocycles. The van der Waals surface area contributed by atoms with Crippen molar-refractivity contribution in [3.8, 4) is 0 Å². The summed E-state index contributed by atoms with van der Waals surface area (Å²) in [5.74, 6) is -0.0893. The maximum absolute atomic E-state index is 11.9. The van der Waals surface area contributed by atoms with Gasteiger partial charge < -0.3 is 10.6 Å². The molecule has 0 radical (unpaired) electrons. The number of hydrogen-bond acceptors (Lipinski definition) is 3. The van der Waals surface area contributed by atoms with Crippen molar-refractivity contribution in [1.29, 1.82) is 0 Å². The van der Waals surface area contributed by atoms with Crippen LogP contribution in [0.3, 0.4) is 0 Å². The second-order valence-corrected chi connectivity index (χ2v) is 5.16. The summed E-state index contributed by atoms with van der Waals surface area (Å²) in [5.41, 5.74) is 0.550. The quantitative estimate of drug-likeness (QED) is 0.888. The molecule has 1 aliphatic heterocycles. The van der Waals surface area contributed by atoms with E-state index in [-0.39, 0.29) is 5.91 Å². The van der Waals surface area contributed by atoms with E-state index in [0.29, 0.717) is 28.3 Å². The van der Waals surface area contributed by atoms with Crippen molar-refractivity contribution in [3.63, 3.8) is 0 Å². The maximum Gasteiger partial charge on any atom is 0.238 e. The second-order valence-electron chi connectivity index (χ2n) is 4.38. The molecular formula is C12H15Cl2N3O. The lowest BCUT2D eigenvalue weighted by Crippen LogP contribution is -2.57. The molecule has 2 N–H and O–H groups in total. The smallest absolute Gasteiger partial charge is 0.238 e. The average molecular weight is 288 g/mol. The van der Waals surface area contributed by atoms with E-state index < -0.39 is 0 Å². The summed E-state index contributed by atoms with van der Waals surface area (Å²) in [6.45, 7) is 2.21. The minimum atomic E-state index is -0.0893. The fourth-order valence-electron chi connectivity index (χ4n) is 1.73. The molecule has 6 heteroatoms. The van der Waals surface area contributed by atoms with Crippen LogP contribution in [0.4, 0.5) is 5.69 Å². The molecule has 98 valence electrons. The molecule has 0 spiro atoms. The molecule has 1 aliphatic rings. The van der Waals surface area contributed by atoms with Crippen LogP contribution in [0.1, 0.15) is 0 Å². The van der Waals surface area contributed by atoms with E-state index in [1.165, 1.54) is 0 Å². The first kappa shape index (κ1) is 13.6. The number of anilines is 1. The van der Waals surface area contributed by atoms with Crippen LogP contribution in [0.5, 0.6) is 0 Å². The van der Waals surface area contributed by atoms with Gasteiger partial charge >= 0.3 is 0 Å². The zero-order valence-corrected chi connectivity index (χ0v) is 11.6. The van der Waals surface area contributed by atoms with Gasteiger partial charge in [-0.15, -0.1) is 0 Å². The summed E-state index contributed by atoms with van der Waals surface area (Å²) in [7, 11) is 1.94. The highest BCUT2D eigenvalue weighted by Gasteiger charge is 2.23. The normalized spacial score (nSPS) is 15.6. The Morgan fingerprint density at radius 2 is 2.22 bits per heavy atom. The molecule has 1 aromatic rings. The fourth-order valence-corrected chi connectivity index (χ4v) is 2.08. The number of likely N-dealkylation sites (N-methyl/N-ethyl adjacent to an activating group) is 1. The van der Waals surface area contributed by atoms with E-state index in [1.807, 2.05) is 11.9 Å². The predicted octanol–water partition coefficient (Wildman–Crippen LogP) is 1.84. The van der Waals surface area contributed by atoms with E-state index >= 15 is 0 Å². The highest BCUT2D eigenvalue weighted by molar-refractivity contribution is 6.43. The molecule has 0 aromatic heterocycles. The van der Waals surface area contributed by atoms with Gasteiger partial charge in [0.15, 0.2) is 0 Å². The Balaban J connectivity index is 1.92. The van der Waals surface area contributed by atoms with E-state index in [1.54, 1.807) is 18.2 Å². The number of amides is 1. The zero-order valence-electron chi connectivity index (χ0n) is 10.0. The van der Waals surface area contributed by atoms with Crippen LogP contribution in [0.15, 0.2) is 18.2 Å². The van der Waals surface area contributed by atoms with Crippen molar-refractivity contribution in [2.75, 3.05) is 32.0 Å². The zero-order chi connectivity index (χ0) is 13.1. The van der Waals surface area contributed by atoms with Gasteiger partial charge in [-0.3, -0.25) is 9.69 Å². The van der Waals surface area contributed by atoms with Gasteiger partial charge in [0.1, 0.15) is 0 Å². The first-order valence-corrected chi connectivity index (χ1v) is 6.48. The third-order valence-electron chi connectivity index (χ3n) is 3.00. The Kier molecular flexibility index (Phi) is 4.45. The predicted molar refractivity (Wildman–Crippen MR) is 74.4 cm³/mol. The molecule has 0 atom stereocenters. The molecule has 1 saturated heterocycles. The Morgan fingerprint density at radius 1 is 1.50 bits per heavy atom. The van der Waals surface area contributed by atoms with E-state index in [4.69, 9.17) is 23.2 Å². The Labute approximate surface area is 116 Å². The summed E-state index contributed by atoms with van der Waals surface area (Å²) >= 11 is 11.9. The minimum Gasteiger partial charge on any atom is -0.324 e. The van der Waals surface area contributed by atoms with Crippen molar-refractivity contribution >= 4 is 34.8 Å². The molecule has 1 fully saturated rings. The van der Waals surface area contributed by atoms with Crippen LogP contribution in [0.2, 0.25) is 10.0 Å². The van der Waals surface area contributed by atoms with Crippen molar-refractivity contribution in [2.24, 2.45) is 0 Å². The average Bonchev–Trinajstić information content (AvgIpc) is 2.22. The molecule has 4 nitrogen and oxygen atoms in total. The summed E-state index contributed by atoms with van der Waals surface area (Å²) in [4.78, 5) is 13.9. The molecule has 1 amide bonds. The molecule has 0 unspecified atom stereocenters. The number of nitrogens with zero attached hydrogens (tertiary/aromatic N) is 1. The monoisotopic (exact) mass is 287 g/mol. The van der Waals surface area contributed by atoms with Gasteiger partial charge in [-0.2, -0.15) is 0 Å². The summed E-state index contributed by atoms with van der Waals surface area (Å²) in [5, 5.41) is 6.75. The number of benzene rings is 1. The summed E-state index contributed by atoms with van der Waals surface area (Å²) in [6.07, 6.45) is 0. The number of carbonyl (C=O) groups is 1. The largest absolute Gasteiger partial charge is 0.324 e. The van der Waals surface area contributed by atoms with E-state index in [2.05, 4.69) is 10.6 Å². The highest BCUT2D eigenvalue weighted by atomic mass is 35.5. The fraction of sp³-hybridized carbons (Fsp3) is 0.417. The number of carbonyl (C=O) groups excluding carboxylic acids is 1. The SMILES string of the molecule is CN(CC(=O)Nc1cccc(Cl)c1Cl)C1CNC1. The number of halogens is 2. The number of nitrogens with one attached hydrogen (secondary N) is 2. The third-order valence-corrected chi connectivity index (χ3v) is 3.82. The van der Waals surface area contributed by atoms with Gasteiger partial charge in [0.25, 0.3) is 0 Å². The lowest BCUT2D eigenvalue weighted by atomic mass is 10.1. The van der Waals surface area contributed by atoms with Crippen LogP contribution in [0, 0.1) is 0 Å². The topological polar surface area (TPSA) is 44.4 Å². The summed E-state index contributed by atoms with van der Waals surface area (Å²) < 4.78 is 0. The number of rotatable bonds is 4. The second kappa shape index (κ2) is 5.89. The molecule has 1 heterocycles. The lowest BCUT2D eigenvalue weighted by molar-refractivity contribution is -0.117. The Morgan fingerprint density at radius 3 is 2.83 bits per heavy atom. The number of hydrogen-bond donors (Lipinski definition) is 2. The molecule has 1 aromatic carbocycles. The van der Waals surface area contributed by atoms with Gasteiger partial charge in [0.2, 0.25) is 5.91 Å². The summed E-state index contributed by atoms with van der Waals surface area (Å²) in [6, 6.07) is 5.61. The van der Waals surface area contributed by atoms with Gasteiger partial charge in [-0.05, 0) is 19.2 Å². The van der Waals surface area contributed by atoms with Gasteiger partial charge in [0.05, 0.1) is 22.3 Å². The molecule has 2 rings (SSSR count). The highest BCUT2D eigenvalue weighted by Crippen LogP contribution is 2.29. The van der Waals surface area contributed by atoms with E-state index in [9.17, 15) is 4.79 Å².